The van der Waals surface area contributed by atoms with Crippen LogP contribution in [0.15, 0.2) is 24.3 Å². The fraction of sp³-hybridized carbons (Fsp3) is 0.667. The monoisotopic (exact) mass is 334 g/mol. The lowest BCUT2D eigenvalue weighted by Crippen LogP contribution is -2.28. The summed E-state index contributed by atoms with van der Waals surface area (Å²) in [7, 11) is 0. The Morgan fingerprint density at radius 3 is 2.42 bits per heavy atom. The van der Waals surface area contributed by atoms with Gasteiger partial charge in [-0.3, -0.25) is 4.79 Å². The summed E-state index contributed by atoms with van der Waals surface area (Å²) in [6.45, 7) is 14.9. The number of rotatable bonds is 3. The third-order valence-electron chi connectivity index (χ3n) is 3.92. The first kappa shape index (κ1) is 20.7. The minimum atomic E-state index is -0.447. The van der Waals surface area contributed by atoms with Crippen molar-refractivity contribution in [1.29, 1.82) is 0 Å². The Balaban J connectivity index is 0.00000139. The van der Waals surface area contributed by atoms with Gasteiger partial charge in [0.1, 0.15) is 5.60 Å². The van der Waals surface area contributed by atoms with Crippen molar-refractivity contribution in [1.82, 2.24) is 0 Å². The van der Waals surface area contributed by atoms with Crippen LogP contribution in [0.4, 0.5) is 0 Å². The zero-order valence-electron chi connectivity index (χ0n) is 16.4. The highest BCUT2D eigenvalue weighted by Gasteiger charge is 2.29. The number of ether oxygens (including phenoxy) is 2. The van der Waals surface area contributed by atoms with Crippen molar-refractivity contribution in [2.45, 2.75) is 79.4 Å². The van der Waals surface area contributed by atoms with E-state index in [2.05, 4.69) is 19.9 Å². The highest BCUT2D eigenvalue weighted by Crippen LogP contribution is 2.38. The van der Waals surface area contributed by atoms with Gasteiger partial charge in [-0.15, -0.1) is 0 Å². The van der Waals surface area contributed by atoms with Crippen LogP contribution in [0.3, 0.4) is 0 Å². The van der Waals surface area contributed by atoms with E-state index >= 15 is 0 Å². The van der Waals surface area contributed by atoms with Crippen LogP contribution in [0.25, 0.3) is 0 Å². The first-order valence-electron chi connectivity index (χ1n) is 9.08. The van der Waals surface area contributed by atoms with Gasteiger partial charge in [0, 0.05) is 0 Å². The molecule has 1 aromatic rings. The second-order valence-electron chi connectivity index (χ2n) is 7.96. The second-order valence-corrected chi connectivity index (χ2v) is 7.96. The van der Waals surface area contributed by atoms with Gasteiger partial charge in [-0.25, -0.2) is 0 Å². The van der Waals surface area contributed by atoms with E-state index in [9.17, 15) is 4.79 Å². The lowest BCUT2D eigenvalue weighted by Gasteiger charge is -2.35. The predicted octanol–water partition coefficient (Wildman–Crippen LogP) is 5.47. The fourth-order valence-corrected chi connectivity index (χ4v) is 2.79. The molecule has 136 valence electrons. The van der Waals surface area contributed by atoms with Crippen LogP contribution < -0.4 is 0 Å². The van der Waals surface area contributed by atoms with Gasteiger partial charge in [-0.1, -0.05) is 52.0 Å². The van der Waals surface area contributed by atoms with E-state index in [1.54, 1.807) is 0 Å². The first-order chi connectivity index (χ1) is 11.2. The van der Waals surface area contributed by atoms with E-state index in [0.717, 1.165) is 30.6 Å². The molecule has 2 rings (SSSR count). The van der Waals surface area contributed by atoms with Gasteiger partial charge >= 0.3 is 5.97 Å². The molecule has 1 atom stereocenters. The smallest absolute Gasteiger partial charge is 0.310 e. The number of carbonyl (C=O) groups is 1. The lowest BCUT2D eigenvalue weighted by molar-refractivity contribution is -0.153. The average molecular weight is 335 g/mol. The molecular weight excluding hydrogens is 300 g/mol. The number of hydrogen-bond acceptors (Lipinski definition) is 3. The van der Waals surface area contributed by atoms with E-state index in [-0.39, 0.29) is 17.5 Å². The minimum Gasteiger partial charge on any atom is -0.460 e. The van der Waals surface area contributed by atoms with Crippen LogP contribution in [0.1, 0.15) is 78.5 Å². The summed E-state index contributed by atoms with van der Waals surface area (Å²) >= 11 is 0. The molecule has 1 aromatic carbocycles. The summed E-state index contributed by atoms with van der Waals surface area (Å²) in [5, 5.41) is 0. The van der Waals surface area contributed by atoms with Crippen LogP contribution in [-0.2, 0) is 20.7 Å². The van der Waals surface area contributed by atoms with Crippen LogP contribution in [-0.4, -0.2) is 18.2 Å². The SMILES string of the molecule is CC.CC1(C)CCC(c2ccccc2CC(=O)OC(C)(C)C)OC1. The molecule has 1 fully saturated rings. The number of benzene rings is 1. The Bertz CT molecular complexity index is 516. The molecule has 24 heavy (non-hydrogen) atoms. The molecule has 0 radical (unpaired) electrons. The second kappa shape index (κ2) is 8.66. The summed E-state index contributed by atoms with van der Waals surface area (Å²) in [5.74, 6) is -0.184. The molecule has 3 heteroatoms. The molecule has 1 heterocycles. The quantitative estimate of drug-likeness (QED) is 0.687. The molecule has 0 bridgehead atoms. The van der Waals surface area contributed by atoms with Gasteiger partial charge in [-0.2, -0.15) is 0 Å². The standard InChI is InChI=1S/C19H28O3.C2H6/c1-18(2,3)22-17(20)12-14-8-6-7-9-15(14)16-10-11-19(4,5)13-21-16;1-2/h6-9,16H,10-13H2,1-5H3;1-2H3. The third-order valence-corrected chi connectivity index (χ3v) is 3.92. The van der Waals surface area contributed by atoms with E-state index in [1.807, 2.05) is 52.8 Å². The lowest BCUT2D eigenvalue weighted by atomic mass is 9.83. The molecule has 1 aliphatic rings. The van der Waals surface area contributed by atoms with Gasteiger partial charge in [0.05, 0.1) is 19.1 Å². The maximum Gasteiger partial charge on any atom is 0.310 e. The van der Waals surface area contributed by atoms with Crippen molar-refractivity contribution in [3.8, 4) is 0 Å². The molecule has 0 N–H and O–H groups in total. The van der Waals surface area contributed by atoms with E-state index in [0.29, 0.717) is 6.42 Å². The molecule has 3 nitrogen and oxygen atoms in total. The zero-order chi connectivity index (χ0) is 18.4. The normalized spacial score (nSPS) is 19.9. The molecule has 0 amide bonds. The molecule has 1 aliphatic heterocycles. The number of esters is 1. The molecule has 0 aromatic heterocycles. The van der Waals surface area contributed by atoms with Gasteiger partial charge < -0.3 is 9.47 Å². The van der Waals surface area contributed by atoms with Crippen molar-refractivity contribution in [3.63, 3.8) is 0 Å². The first-order valence-corrected chi connectivity index (χ1v) is 9.08. The van der Waals surface area contributed by atoms with Crippen molar-refractivity contribution in [3.05, 3.63) is 35.4 Å². The highest BCUT2D eigenvalue weighted by molar-refractivity contribution is 5.73. The van der Waals surface area contributed by atoms with Gasteiger partial charge in [-0.05, 0) is 50.2 Å². The van der Waals surface area contributed by atoms with Crippen molar-refractivity contribution in [2.24, 2.45) is 5.41 Å². The van der Waals surface area contributed by atoms with E-state index < -0.39 is 5.60 Å². The van der Waals surface area contributed by atoms with E-state index in [4.69, 9.17) is 9.47 Å². The Labute approximate surface area is 147 Å². The van der Waals surface area contributed by atoms with Gasteiger partial charge in [0.2, 0.25) is 0 Å². The summed E-state index contributed by atoms with van der Waals surface area (Å²) < 4.78 is 11.5. The summed E-state index contributed by atoms with van der Waals surface area (Å²) in [5.41, 5.74) is 1.94. The maximum absolute atomic E-state index is 12.1. The Kier molecular flexibility index (Phi) is 7.47. The molecule has 0 saturated carbocycles. The molecule has 0 spiro atoms. The number of hydrogen-bond donors (Lipinski definition) is 0. The summed E-state index contributed by atoms with van der Waals surface area (Å²) in [6, 6.07) is 8.05. The van der Waals surface area contributed by atoms with E-state index in [1.165, 1.54) is 0 Å². The van der Waals surface area contributed by atoms with Crippen LogP contribution in [0.5, 0.6) is 0 Å². The van der Waals surface area contributed by atoms with Crippen LogP contribution in [0, 0.1) is 5.41 Å². The Hall–Kier alpha value is -1.35. The predicted molar refractivity (Wildman–Crippen MR) is 99.0 cm³/mol. The third kappa shape index (κ3) is 6.64. The topological polar surface area (TPSA) is 35.5 Å². The maximum atomic E-state index is 12.1. The molecule has 1 unspecified atom stereocenters. The number of carbonyl (C=O) groups excluding carboxylic acids is 1. The van der Waals surface area contributed by atoms with Crippen molar-refractivity contribution in [2.75, 3.05) is 6.61 Å². The van der Waals surface area contributed by atoms with Gasteiger partial charge in [0.15, 0.2) is 0 Å². The van der Waals surface area contributed by atoms with Gasteiger partial charge in [0.25, 0.3) is 0 Å². The average Bonchev–Trinajstić information content (AvgIpc) is 2.48. The molecule has 0 aliphatic carbocycles. The van der Waals surface area contributed by atoms with Crippen LogP contribution in [0.2, 0.25) is 0 Å². The Morgan fingerprint density at radius 1 is 1.25 bits per heavy atom. The zero-order valence-corrected chi connectivity index (χ0v) is 16.4. The van der Waals surface area contributed by atoms with Crippen LogP contribution >= 0.6 is 0 Å². The highest BCUT2D eigenvalue weighted by atomic mass is 16.6. The fourth-order valence-electron chi connectivity index (χ4n) is 2.79. The summed E-state index contributed by atoms with van der Waals surface area (Å²) in [4.78, 5) is 12.1. The minimum absolute atomic E-state index is 0.0895. The Morgan fingerprint density at radius 2 is 1.88 bits per heavy atom. The van der Waals surface area contributed by atoms with Crippen molar-refractivity contribution < 1.29 is 14.3 Å². The molecule has 1 saturated heterocycles. The molecular formula is C21H34O3. The van der Waals surface area contributed by atoms with Crippen molar-refractivity contribution >= 4 is 5.97 Å². The largest absolute Gasteiger partial charge is 0.460 e. The summed E-state index contributed by atoms with van der Waals surface area (Å²) in [6.07, 6.45) is 2.53.